The number of halogens is 1. The Labute approximate surface area is 165 Å². The number of ether oxygens (including phenoxy) is 1. The first kappa shape index (κ1) is 20.7. The van der Waals surface area contributed by atoms with Crippen LogP contribution in [0, 0.1) is 0 Å². The SMILES string of the molecule is CCNC(=NCc1ccc(OC)nc1)NCc1ccc(CC)s1.I. The minimum atomic E-state index is 0. The lowest BCUT2D eigenvalue weighted by Crippen LogP contribution is -2.36. The predicted octanol–water partition coefficient (Wildman–Crippen LogP) is 3.59. The maximum absolute atomic E-state index is 5.06. The summed E-state index contributed by atoms with van der Waals surface area (Å²) in [6.45, 7) is 6.44. The third-order valence-corrected chi connectivity index (χ3v) is 4.50. The molecule has 2 N–H and O–H groups in total. The molecule has 0 spiro atoms. The highest BCUT2D eigenvalue weighted by Gasteiger charge is 2.02. The first-order valence-electron chi connectivity index (χ1n) is 7.83. The van der Waals surface area contributed by atoms with Gasteiger partial charge in [-0.2, -0.15) is 0 Å². The molecular weight excluding hydrogens is 435 g/mol. The fourth-order valence-corrected chi connectivity index (χ4v) is 2.91. The van der Waals surface area contributed by atoms with Crippen molar-refractivity contribution in [1.82, 2.24) is 15.6 Å². The van der Waals surface area contributed by atoms with Crippen LogP contribution in [0.4, 0.5) is 0 Å². The number of pyridine rings is 1. The summed E-state index contributed by atoms with van der Waals surface area (Å²) in [5.41, 5.74) is 1.05. The van der Waals surface area contributed by atoms with E-state index >= 15 is 0 Å². The van der Waals surface area contributed by atoms with Gasteiger partial charge in [-0.25, -0.2) is 9.98 Å². The van der Waals surface area contributed by atoms with E-state index in [9.17, 15) is 0 Å². The number of guanidine groups is 1. The van der Waals surface area contributed by atoms with Gasteiger partial charge in [0.15, 0.2) is 5.96 Å². The summed E-state index contributed by atoms with van der Waals surface area (Å²) in [7, 11) is 1.61. The Balaban J connectivity index is 0.00000288. The highest BCUT2D eigenvalue weighted by atomic mass is 127. The summed E-state index contributed by atoms with van der Waals surface area (Å²) in [5.74, 6) is 1.43. The smallest absolute Gasteiger partial charge is 0.212 e. The molecule has 0 bridgehead atoms. The number of nitrogens with zero attached hydrogens (tertiary/aromatic N) is 2. The molecule has 2 rings (SSSR count). The van der Waals surface area contributed by atoms with Crippen LogP contribution in [0.25, 0.3) is 0 Å². The summed E-state index contributed by atoms with van der Waals surface area (Å²) in [5, 5.41) is 6.64. The maximum atomic E-state index is 5.06. The van der Waals surface area contributed by atoms with Gasteiger partial charge in [-0.3, -0.25) is 0 Å². The van der Waals surface area contributed by atoms with E-state index in [-0.39, 0.29) is 24.0 Å². The molecule has 0 atom stereocenters. The second kappa shape index (κ2) is 11.2. The van der Waals surface area contributed by atoms with Crippen molar-refractivity contribution >= 4 is 41.3 Å². The van der Waals surface area contributed by atoms with Crippen molar-refractivity contribution in [3.05, 3.63) is 45.8 Å². The van der Waals surface area contributed by atoms with Gasteiger partial charge >= 0.3 is 0 Å². The molecule has 5 nitrogen and oxygen atoms in total. The number of aliphatic imine (C=N–C) groups is 1. The van der Waals surface area contributed by atoms with Gasteiger partial charge < -0.3 is 15.4 Å². The van der Waals surface area contributed by atoms with E-state index in [1.807, 2.05) is 23.5 Å². The number of hydrogen-bond acceptors (Lipinski definition) is 4. The van der Waals surface area contributed by atoms with Crippen LogP contribution in [0.1, 0.15) is 29.2 Å². The molecule has 132 valence electrons. The molecule has 2 aromatic rings. The van der Waals surface area contributed by atoms with E-state index in [1.54, 1.807) is 13.3 Å². The summed E-state index contributed by atoms with van der Waals surface area (Å²) in [6, 6.07) is 8.19. The minimum absolute atomic E-state index is 0. The third-order valence-electron chi connectivity index (χ3n) is 3.27. The molecule has 0 saturated carbocycles. The van der Waals surface area contributed by atoms with E-state index in [2.05, 4.69) is 46.6 Å². The topological polar surface area (TPSA) is 58.5 Å². The lowest BCUT2D eigenvalue weighted by molar-refractivity contribution is 0.397. The lowest BCUT2D eigenvalue weighted by Gasteiger charge is -2.10. The fraction of sp³-hybridized carbons (Fsp3) is 0.412. The van der Waals surface area contributed by atoms with Crippen molar-refractivity contribution in [2.75, 3.05) is 13.7 Å². The fourth-order valence-electron chi connectivity index (χ4n) is 2.02. The van der Waals surface area contributed by atoms with Crippen LogP contribution < -0.4 is 15.4 Å². The third kappa shape index (κ3) is 6.64. The van der Waals surface area contributed by atoms with Crippen molar-refractivity contribution in [2.24, 2.45) is 4.99 Å². The van der Waals surface area contributed by atoms with Gasteiger partial charge in [0.1, 0.15) is 0 Å². The molecule has 2 aromatic heterocycles. The molecule has 0 radical (unpaired) electrons. The molecule has 0 aliphatic rings. The Morgan fingerprint density at radius 2 is 1.96 bits per heavy atom. The quantitative estimate of drug-likeness (QED) is 0.377. The van der Waals surface area contributed by atoms with Crippen LogP contribution in [-0.2, 0) is 19.5 Å². The normalized spacial score (nSPS) is 10.9. The Hall–Kier alpha value is -1.35. The van der Waals surface area contributed by atoms with E-state index in [1.165, 1.54) is 9.75 Å². The van der Waals surface area contributed by atoms with Gasteiger partial charge in [-0.05, 0) is 31.0 Å². The largest absolute Gasteiger partial charge is 0.481 e. The van der Waals surface area contributed by atoms with Crippen molar-refractivity contribution in [1.29, 1.82) is 0 Å². The van der Waals surface area contributed by atoms with E-state index in [0.717, 1.165) is 31.0 Å². The Morgan fingerprint density at radius 1 is 1.17 bits per heavy atom. The van der Waals surface area contributed by atoms with Gasteiger partial charge in [-0.15, -0.1) is 35.3 Å². The maximum Gasteiger partial charge on any atom is 0.212 e. The zero-order chi connectivity index (χ0) is 16.5. The van der Waals surface area contributed by atoms with Gasteiger partial charge in [0.2, 0.25) is 5.88 Å². The molecule has 24 heavy (non-hydrogen) atoms. The highest BCUT2D eigenvalue weighted by Crippen LogP contribution is 2.16. The van der Waals surface area contributed by atoms with Crippen LogP contribution in [-0.4, -0.2) is 24.6 Å². The van der Waals surface area contributed by atoms with Gasteiger partial charge in [0.25, 0.3) is 0 Å². The van der Waals surface area contributed by atoms with Crippen LogP contribution in [0.2, 0.25) is 0 Å². The number of rotatable bonds is 7. The number of nitrogens with one attached hydrogen (secondary N) is 2. The van der Waals surface area contributed by atoms with E-state index < -0.39 is 0 Å². The first-order valence-corrected chi connectivity index (χ1v) is 8.65. The second-order valence-corrected chi connectivity index (χ2v) is 6.23. The summed E-state index contributed by atoms with van der Waals surface area (Å²) in [4.78, 5) is 11.5. The minimum Gasteiger partial charge on any atom is -0.481 e. The molecule has 0 aliphatic carbocycles. The second-order valence-electron chi connectivity index (χ2n) is 4.98. The highest BCUT2D eigenvalue weighted by molar-refractivity contribution is 14.0. The van der Waals surface area contributed by atoms with Crippen molar-refractivity contribution in [3.63, 3.8) is 0 Å². The Morgan fingerprint density at radius 3 is 2.54 bits per heavy atom. The zero-order valence-corrected chi connectivity index (χ0v) is 17.5. The number of methoxy groups -OCH3 is 1. The van der Waals surface area contributed by atoms with Crippen LogP contribution in [0.3, 0.4) is 0 Å². The molecule has 2 heterocycles. The molecule has 0 amide bonds. The Bertz CT molecular complexity index is 628. The number of hydrogen-bond donors (Lipinski definition) is 2. The number of aryl methyl sites for hydroxylation is 1. The monoisotopic (exact) mass is 460 g/mol. The molecular formula is C17H25IN4OS. The first-order chi connectivity index (χ1) is 11.2. The van der Waals surface area contributed by atoms with E-state index in [0.29, 0.717) is 12.4 Å². The average molecular weight is 460 g/mol. The molecule has 0 aromatic carbocycles. The average Bonchev–Trinajstić information content (AvgIpc) is 3.06. The van der Waals surface area contributed by atoms with Crippen molar-refractivity contribution in [3.8, 4) is 5.88 Å². The molecule has 0 saturated heterocycles. The van der Waals surface area contributed by atoms with Crippen molar-refractivity contribution < 1.29 is 4.74 Å². The molecule has 0 unspecified atom stereocenters. The van der Waals surface area contributed by atoms with Gasteiger partial charge in [0.05, 0.1) is 20.2 Å². The van der Waals surface area contributed by atoms with Gasteiger partial charge in [0, 0.05) is 28.6 Å². The number of thiophene rings is 1. The van der Waals surface area contributed by atoms with Crippen LogP contribution >= 0.6 is 35.3 Å². The standard InChI is InChI=1S/C17H24N4OS.HI/c1-4-14-7-8-15(23-14)12-21-17(18-5-2)20-11-13-6-9-16(22-3)19-10-13;/h6-10H,4-5,11-12H2,1-3H3,(H2,18,20,21);1H. The summed E-state index contributed by atoms with van der Waals surface area (Å²) in [6.07, 6.45) is 2.88. The summed E-state index contributed by atoms with van der Waals surface area (Å²) < 4.78 is 5.06. The van der Waals surface area contributed by atoms with Crippen LogP contribution in [0.5, 0.6) is 5.88 Å². The molecule has 0 fully saturated rings. The molecule has 7 heteroatoms. The summed E-state index contributed by atoms with van der Waals surface area (Å²) >= 11 is 1.84. The lowest BCUT2D eigenvalue weighted by atomic mass is 10.3. The molecule has 0 aliphatic heterocycles. The predicted molar refractivity (Wildman–Crippen MR) is 112 cm³/mol. The Kier molecular flexibility index (Phi) is 9.70. The zero-order valence-electron chi connectivity index (χ0n) is 14.3. The van der Waals surface area contributed by atoms with Crippen molar-refractivity contribution in [2.45, 2.75) is 33.4 Å². The van der Waals surface area contributed by atoms with Crippen LogP contribution in [0.15, 0.2) is 35.5 Å². The number of aromatic nitrogens is 1. The van der Waals surface area contributed by atoms with Gasteiger partial charge in [-0.1, -0.05) is 13.0 Å². The van der Waals surface area contributed by atoms with E-state index in [4.69, 9.17) is 4.74 Å².